The third-order valence-electron chi connectivity index (χ3n) is 4.08. The molecule has 0 aliphatic rings. The lowest BCUT2D eigenvalue weighted by Gasteiger charge is -2.06. The van der Waals surface area contributed by atoms with Crippen LogP contribution in [0.2, 0.25) is 0 Å². The van der Waals surface area contributed by atoms with Crippen molar-refractivity contribution in [2.75, 3.05) is 12.3 Å². The molecule has 7 nitrogen and oxygen atoms in total. The first-order valence-corrected chi connectivity index (χ1v) is 9.29. The number of pyridine rings is 1. The first-order valence-electron chi connectivity index (χ1n) is 9.29. The molecule has 3 heterocycles. The summed E-state index contributed by atoms with van der Waals surface area (Å²) in [5.74, 6) is 6.57. The molecule has 146 valence electrons. The lowest BCUT2D eigenvalue weighted by atomic mass is 10.1. The van der Waals surface area contributed by atoms with Gasteiger partial charge in [-0.15, -0.1) is 0 Å². The van der Waals surface area contributed by atoms with E-state index >= 15 is 0 Å². The molecule has 3 aromatic heterocycles. The molecule has 0 atom stereocenters. The van der Waals surface area contributed by atoms with Gasteiger partial charge in [0.25, 0.3) is 0 Å². The zero-order chi connectivity index (χ0) is 20.1. The summed E-state index contributed by atoms with van der Waals surface area (Å²) in [6, 6.07) is 3.67. The van der Waals surface area contributed by atoms with Crippen LogP contribution in [0.1, 0.15) is 44.9 Å². The number of hydrogen-bond acceptors (Lipinski definition) is 6. The predicted octanol–water partition coefficient (Wildman–Crippen LogP) is 2.84. The molecule has 3 rings (SSSR count). The van der Waals surface area contributed by atoms with Gasteiger partial charge in [0.05, 0.1) is 12.1 Å². The average molecular weight is 379 g/mol. The van der Waals surface area contributed by atoms with E-state index in [1.54, 1.807) is 32.3 Å². The van der Waals surface area contributed by atoms with Crippen LogP contribution in [0.5, 0.6) is 0 Å². The maximum atomic E-state index is 9.85. The lowest BCUT2D eigenvalue weighted by Crippen LogP contribution is -2.14. The van der Waals surface area contributed by atoms with E-state index in [1.807, 2.05) is 16.8 Å². The van der Waals surface area contributed by atoms with Gasteiger partial charge in [-0.25, -0.2) is 9.97 Å². The third-order valence-corrected chi connectivity index (χ3v) is 4.08. The summed E-state index contributed by atoms with van der Waals surface area (Å²) in [4.78, 5) is 12.7. The topological polar surface area (TPSA) is 99.1 Å². The summed E-state index contributed by atoms with van der Waals surface area (Å²) in [5.41, 5.74) is 7.14. The number of rotatable bonds is 6. The lowest BCUT2D eigenvalue weighted by molar-refractivity contribution is 0.119. The van der Waals surface area contributed by atoms with Gasteiger partial charge < -0.3 is 20.1 Å². The van der Waals surface area contributed by atoms with E-state index in [0.717, 1.165) is 29.3 Å². The zero-order valence-corrected chi connectivity index (χ0v) is 16.4. The van der Waals surface area contributed by atoms with Crippen molar-refractivity contribution in [3.05, 3.63) is 42.0 Å². The molecule has 0 unspecified atom stereocenters. The molecular weight excluding hydrogens is 354 g/mol. The summed E-state index contributed by atoms with van der Waals surface area (Å²) in [7, 11) is 0. The molecule has 0 fully saturated rings. The Hall–Kier alpha value is -2.95. The van der Waals surface area contributed by atoms with Gasteiger partial charge in [0, 0.05) is 36.1 Å². The van der Waals surface area contributed by atoms with Crippen LogP contribution >= 0.6 is 0 Å². The van der Waals surface area contributed by atoms with E-state index in [9.17, 15) is 5.11 Å². The fraction of sp³-hybridized carbons (Fsp3) is 0.381. The average Bonchev–Trinajstić information content (AvgIpc) is 3.01. The Labute approximate surface area is 164 Å². The standard InChI is InChI=1S/C21H25N5O2/c1-4-5-10-28-14-15-13-26(19-7-9-23-20(22)25-19)18-11-16(24-12-17(15)18)6-8-21(2,3)27/h7,9,11-13,27H,4-5,10,14H2,1-3H3,(H2,22,23,25). The van der Waals surface area contributed by atoms with Crippen LogP contribution in [0.15, 0.2) is 30.7 Å². The van der Waals surface area contributed by atoms with Gasteiger partial charge in [0.2, 0.25) is 5.95 Å². The van der Waals surface area contributed by atoms with E-state index in [1.165, 1.54) is 0 Å². The maximum Gasteiger partial charge on any atom is 0.221 e. The molecule has 0 amide bonds. The fourth-order valence-corrected chi connectivity index (χ4v) is 2.70. The molecule has 0 saturated heterocycles. The maximum absolute atomic E-state index is 9.85. The largest absolute Gasteiger partial charge is 0.378 e. The number of ether oxygens (including phenoxy) is 1. The van der Waals surface area contributed by atoms with Crippen LogP contribution in [-0.2, 0) is 11.3 Å². The first kappa shape index (κ1) is 19.8. The molecular formula is C21H25N5O2. The molecule has 7 heteroatoms. The molecule has 3 aromatic rings. The second-order valence-electron chi connectivity index (χ2n) is 7.10. The number of anilines is 1. The first-order chi connectivity index (χ1) is 13.4. The number of nitrogens with zero attached hydrogens (tertiary/aromatic N) is 4. The highest BCUT2D eigenvalue weighted by atomic mass is 16.5. The van der Waals surface area contributed by atoms with Gasteiger partial charge in [-0.2, -0.15) is 4.98 Å². The van der Waals surface area contributed by atoms with Crippen molar-refractivity contribution in [2.24, 2.45) is 0 Å². The number of aliphatic hydroxyl groups is 1. The van der Waals surface area contributed by atoms with Crippen molar-refractivity contribution in [3.8, 4) is 17.7 Å². The number of nitrogen functional groups attached to an aromatic ring is 1. The van der Waals surface area contributed by atoms with Crippen LogP contribution in [0.4, 0.5) is 5.95 Å². The van der Waals surface area contributed by atoms with Crippen LogP contribution in [0.25, 0.3) is 16.7 Å². The normalized spacial score (nSPS) is 11.4. The van der Waals surface area contributed by atoms with E-state index in [4.69, 9.17) is 10.5 Å². The van der Waals surface area contributed by atoms with Gasteiger partial charge in [-0.3, -0.25) is 0 Å². The van der Waals surface area contributed by atoms with Gasteiger partial charge in [0.15, 0.2) is 0 Å². The minimum Gasteiger partial charge on any atom is -0.378 e. The van der Waals surface area contributed by atoms with Crippen molar-refractivity contribution in [1.82, 2.24) is 19.5 Å². The Bertz CT molecular complexity index is 1020. The Kier molecular flexibility index (Phi) is 5.93. The SMILES string of the molecule is CCCCOCc1cn(-c2ccnc(N)n2)c2cc(C#CC(C)(C)O)ncc12. The molecule has 0 spiro atoms. The van der Waals surface area contributed by atoms with Gasteiger partial charge in [-0.1, -0.05) is 19.3 Å². The Morgan fingerprint density at radius 3 is 2.86 bits per heavy atom. The van der Waals surface area contributed by atoms with E-state index < -0.39 is 5.60 Å². The molecule has 0 aromatic carbocycles. The molecule has 0 aliphatic carbocycles. The number of hydrogen-bond donors (Lipinski definition) is 2. The quantitative estimate of drug-likeness (QED) is 0.505. The predicted molar refractivity (Wildman–Crippen MR) is 109 cm³/mol. The summed E-state index contributed by atoms with van der Waals surface area (Å²) < 4.78 is 7.74. The zero-order valence-electron chi connectivity index (χ0n) is 16.4. The molecule has 0 radical (unpaired) electrons. The van der Waals surface area contributed by atoms with Crippen LogP contribution < -0.4 is 5.73 Å². The van der Waals surface area contributed by atoms with E-state index in [0.29, 0.717) is 24.7 Å². The van der Waals surface area contributed by atoms with Gasteiger partial charge in [0.1, 0.15) is 17.1 Å². The van der Waals surface area contributed by atoms with E-state index in [-0.39, 0.29) is 5.95 Å². The number of nitrogens with two attached hydrogens (primary N) is 1. The fourth-order valence-electron chi connectivity index (χ4n) is 2.70. The van der Waals surface area contributed by atoms with Crippen molar-refractivity contribution in [3.63, 3.8) is 0 Å². The highest BCUT2D eigenvalue weighted by Crippen LogP contribution is 2.25. The highest BCUT2D eigenvalue weighted by molar-refractivity contribution is 5.85. The van der Waals surface area contributed by atoms with Crippen LogP contribution in [0, 0.1) is 11.8 Å². The minimum absolute atomic E-state index is 0.205. The molecule has 0 aliphatic heterocycles. The second-order valence-corrected chi connectivity index (χ2v) is 7.10. The highest BCUT2D eigenvalue weighted by Gasteiger charge is 2.13. The molecule has 0 bridgehead atoms. The van der Waals surface area contributed by atoms with Crippen molar-refractivity contribution >= 4 is 16.9 Å². The van der Waals surface area contributed by atoms with Crippen LogP contribution in [0.3, 0.4) is 0 Å². The molecule has 3 N–H and O–H groups in total. The Morgan fingerprint density at radius 2 is 2.14 bits per heavy atom. The summed E-state index contributed by atoms with van der Waals surface area (Å²) in [6.07, 6.45) is 7.50. The van der Waals surface area contributed by atoms with Gasteiger partial charge >= 0.3 is 0 Å². The number of fused-ring (bicyclic) bond motifs is 1. The Balaban J connectivity index is 2.06. The van der Waals surface area contributed by atoms with Crippen LogP contribution in [-0.4, -0.2) is 36.8 Å². The smallest absolute Gasteiger partial charge is 0.221 e. The molecule has 28 heavy (non-hydrogen) atoms. The molecule has 0 saturated carbocycles. The summed E-state index contributed by atoms with van der Waals surface area (Å²) >= 11 is 0. The summed E-state index contributed by atoms with van der Waals surface area (Å²) in [5, 5.41) is 10.8. The number of aromatic nitrogens is 4. The van der Waals surface area contributed by atoms with Crippen molar-refractivity contribution in [1.29, 1.82) is 0 Å². The van der Waals surface area contributed by atoms with Crippen molar-refractivity contribution in [2.45, 2.75) is 45.8 Å². The monoisotopic (exact) mass is 379 g/mol. The second kappa shape index (κ2) is 8.38. The number of unbranched alkanes of at least 4 members (excludes halogenated alkanes) is 1. The van der Waals surface area contributed by atoms with Gasteiger partial charge in [-0.05, 0) is 38.3 Å². The Morgan fingerprint density at radius 1 is 1.32 bits per heavy atom. The van der Waals surface area contributed by atoms with E-state index in [2.05, 4.69) is 33.7 Å². The minimum atomic E-state index is -1.09. The van der Waals surface area contributed by atoms with Crippen molar-refractivity contribution < 1.29 is 9.84 Å². The third kappa shape index (κ3) is 4.85. The summed E-state index contributed by atoms with van der Waals surface area (Å²) in [6.45, 7) is 6.61.